The van der Waals surface area contributed by atoms with Gasteiger partial charge in [0.15, 0.2) is 6.61 Å². The number of hydrogen-bond donors (Lipinski definition) is 1. The number of halogens is 9. The largest absolute Gasteiger partial charge is 0.424 e. The van der Waals surface area contributed by atoms with Crippen LogP contribution in [0.25, 0.3) is 42.7 Å². The predicted molar refractivity (Wildman–Crippen MR) is 220 cm³/mol. The molecular weight excluding hydrogens is 921 g/mol. The quantitative estimate of drug-likeness (QED) is 0.0994. The summed E-state index contributed by atoms with van der Waals surface area (Å²) < 4.78 is 79.6. The summed E-state index contributed by atoms with van der Waals surface area (Å²) in [5.41, 5.74) is -2.41. The van der Waals surface area contributed by atoms with E-state index in [1.54, 1.807) is 10.3 Å². The fourth-order valence-electron chi connectivity index (χ4n) is 6.41. The van der Waals surface area contributed by atoms with Crippen LogP contribution in [0.5, 0.6) is 0 Å². The van der Waals surface area contributed by atoms with Gasteiger partial charge < -0.3 is 19.8 Å². The molecule has 8 rings (SSSR count). The first-order valence-corrected chi connectivity index (χ1v) is 21.1. The molecule has 0 unspecified atom stereocenters. The van der Waals surface area contributed by atoms with Gasteiger partial charge in [0.25, 0.3) is 17.0 Å². The molecule has 6 heterocycles. The third-order valence-electron chi connectivity index (χ3n) is 9.47. The third kappa shape index (κ3) is 10.4. The van der Waals surface area contributed by atoms with Crippen LogP contribution in [0.1, 0.15) is 36.8 Å². The van der Waals surface area contributed by atoms with E-state index in [4.69, 9.17) is 39.6 Å². The number of nitrogens with zero attached hydrogens (tertiary/aromatic N) is 6. The smallest absolute Gasteiger partial charge is 0.417 e. The van der Waals surface area contributed by atoms with Crippen molar-refractivity contribution in [3.8, 4) is 22.3 Å². The molecule has 2 aromatic carbocycles. The van der Waals surface area contributed by atoms with E-state index in [9.17, 15) is 50.7 Å². The molecule has 0 radical (unpaired) electrons. The van der Waals surface area contributed by atoms with Crippen LogP contribution in [0.15, 0.2) is 69.4 Å². The number of aromatic nitrogens is 4. The average Bonchev–Trinajstić information content (AvgIpc) is 4.07. The standard InChI is InChI=1S/C19H15ClF3N3O3S.C13H6ClF3N2O2S.C6H10ClNO/c20-14-4-3-11(7-13(14)19(21,22)23)12-9-30-17-16(12)18(28)26(10-24-17)29-8-15(27)25-5-1-2-6-25;14-9-2-1-6(3-8(9)13(15,16)17)7-4-22-11-10(7)12(20)19(21)5-18-11;7-5-6(9)8-3-1-2-4-8/h3-4,7,9-10H,1-2,5-6,8H2;1-5,21H;1-5H2. The van der Waals surface area contributed by atoms with Crippen LogP contribution >= 0.6 is 57.5 Å². The van der Waals surface area contributed by atoms with E-state index in [-0.39, 0.29) is 51.8 Å². The lowest BCUT2D eigenvalue weighted by atomic mass is 10.0. The van der Waals surface area contributed by atoms with Crippen molar-refractivity contribution in [2.24, 2.45) is 0 Å². The Morgan fingerprint density at radius 1 is 0.705 bits per heavy atom. The van der Waals surface area contributed by atoms with Crippen molar-refractivity contribution in [1.82, 2.24) is 29.2 Å². The van der Waals surface area contributed by atoms with Gasteiger partial charge in [0.2, 0.25) is 5.91 Å². The van der Waals surface area contributed by atoms with Gasteiger partial charge in [-0.15, -0.1) is 43.7 Å². The molecular formula is C38H31Cl3F6N6O6S2. The molecule has 1 N–H and O–H groups in total. The Bertz CT molecular complexity index is 2690. The van der Waals surface area contributed by atoms with E-state index >= 15 is 0 Å². The summed E-state index contributed by atoms with van der Waals surface area (Å²) in [5, 5.41) is 11.8. The summed E-state index contributed by atoms with van der Waals surface area (Å²) in [6.45, 7) is 2.80. The zero-order valence-corrected chi connectivity index (χ0v) is 35.1. The van der Waals surface area contributed by atoms with Crippen molar-refractivity contribution in [2.45, 2.75) is 38.0 Å². The average molecular weight is 952 g/mol. The number of benzene rings is 2. The molecule has 2 saturated heterocycles. The monoisotopic (exact) mass is 950 g/mol. The van der Waals surface area contributed by atoms with Crippen molar-refractivity contribution in [1.29, 1.82) is 0 Å². The minimum atomic E-state index is -4.63. The zero-order valence-electron chi connectivity index (χ0n) is 31.2. The molecule has 0 bridgehead atoms. The molecule has 2 aliphatic heterocycles. The molecule has 2 aliphatic rings. The van der Waals surface area contributed by atoms with Crippen LogP contribution < -0.4 is 16.0 Å². The van der Waals surface area contributed by atoms with Gasteiger partial charge in [-0.2, -0.15) is 26.3 Å². The molecule has 61 heavy (non-hydrogen) atoms. The number of alkyl halides is 7. The summed E-state index contributed by atoms with van der Waals surface area (Å²) in [6.07, 6.45) is -2.99. The second-order valence-electron chi connectivity index (χ2n) is 13.4. The molecule has 324 valence electrons. The molecule has 12 nitrogen and oxygen atoms in total. The van der Waals surface area contributed by atoms with Crippen LogP contribution in [-0.4, -0.2) is 84.9 Å². The molecule has 6 aromatic rings. The second kappa shape index (κ2) is 19.0. The van der Waals surface area contributed by atoms with E-state index in [2.05, 4.69) is 9.97 Å². The van der Waals surface area contributed by atoms with Crippen molar-refractivity contribution in [3.05, 3.63) is 102 Å². The molecule has 0 aliphatic carbocycles. The second-order valence-corrected chi connectivity index (χ2v) is 16.2. The van der Waals surface area contributed by atoms with Gasteiger partial charge in [0.1, 0.15) is 28.2 Å². The van der Waals surface area contributed by atoms with Crippen molar-refractivity contribution < 1.29 is 46.0 Å². The van der Waals surface area contributed by atoms with Crippen LogP contribution in [0.2, 0.25) is 10.0 Å². The lowest BCUT2D eigenvalue weighted by molar-refractivity contribution is -0.138. The van der Waals surface area contributed by atoms with E-state index in [1.807, 2.05) is 4.90 Å². The summed E-state index contributed by atoms with van der Waals surface area (Å²) in [7, 11) is 0. The number of hydrogen-bond acceptors (Lipinski definition) is 10. The van der Waals surface area contributed by atoms with Gasteiger partial charge in [-0.25, -0.2) is 9.97 Å². The highest BCUT2D eigenvalue weighted by atomic mass is 35.5. The van der Waals surface area contributed by atoms with Gasteiger partial charge >= 0.3 is 12.4 Å². The van der Waals surface area contributed by atoms with E-state index < -0.39 is 44.6 Å². The molecule has 23 heteroatoms. The van der Waals surface area contributed by atoms with Gasteiger partial charge in [-0.05, 0) is 61.1 Å². The Balaban J connectivity index is 0.000000175. The first-order valence-electron chi connectivity index (χ1n) is 18.0. The number of carbonyl (C=O) groups excluding carboxylic acids is 2. The first-order chi connectivity index (χ1) is 28.9. The van der Waals surface area contributed by atoms with E-state index in [1.165, 1.54) is 17.5 Å². The first kappa shape index (κ1) is 45.6. The zero-order chi connectivity index (χ0) is 44.2. The van der Waals surface area contributed by atoms with Crippen LogP contribution in [0.3, 0.4) is 0 Å². The topological polar surface area (TPSA) is 140 Å². The lowest BCUT2D eigenvalue weighted by Crippen LogP contribution is -2.37. The highest BCUT2D eigenvalue weighted by Crippen LogP contribution is 2.40. The number of fused-ring (bicyclic) bond motifs is 2. The third-order valence-corrected chi connectivity index (χ3v) is 12.1. The summed E-state index contributed by atoms with van der Waals surface area (Å²) in [5.74, 6) is -0.0216. The van der Waals surface area contributed by atoms with Crippen molar-refractivity contribution in [3.63, 3.8) is 0 Å². The Hall–Kier alpha value is -4.89. The Labute approximate surface area is 364 Å². The van der Waals surface area contributed by atoms with E-state index in [0.29, 0.717) is 33.0 Å². The van der Waals surface area contributed by atoms with Crippen molar-refractivity contribution in [2.75, 3.05) is 38.7 Å². The van der Waals surface area contributed by atoms with Gasteiger partial charge in [-0.1, -0.05) is 35.3 Å². The minimum absolute atomic E-state index is 0.0606. The molecule has 4 aromatic heterocycles. The Morgan fingerprint density at radius 3 is 1.61 bits per heavy atom. The normalized spacial score (nSPS) is 14.2. The maximum atomic E-state index is 13.2. The summed E-state index contributed by atoms with van der Waals surface area (Å²) >= 11 is 18.8. The number of likely N-dealkylation sites (tertiary alicyclic amines) is 2. The lowest BCUT2D eigenvalue weighted by Gasteiger charge is -2.15. The number of carbonyl (C=O) groups is 2. The predicted octanol–water partition coefficient (Wildman–Crippen LogP) is 8.73. The highest BCUT2D eigenvalue weighted by Gasteiger charge is 2.35. The summed E-state index contributed by atoms with van der Waals surface area (Å²) in [4.78, 5) is 65.3. The van der Waals surface area contributed by atoms with E-state index in [0.717, 1.165) is 103 Å². The molecule has 2 fully saturated rings. The molecule has 0 spiro atoms. The number of thiophene rings is 2. The van der Waals surface area contributed by atoms with Crippen LogP contribution in [-0.2, 0) is 21.9 Å². The fourth-order valence-corrected chi connectivity index (χ4v) is 8.84. The Kier molecular flexibility index (Phi) is 14.2. The SMILES string of the molecule is O=C(CCl)N1CCCC1.O=C(COn1cnc2scc(-c3ccc(Cl)c(C(F)(F)F)c3)c2c1=O)N1CCCC1.O=c1c2c(-c3ccc(Cl)c(C(F)(F)F)c3)csc2ncn1O. The van der Waals surface area contributed by atoms with Crippen LogP contribution in [0, 0.1) is 0 Å². The van der Waals surface area contributed by atoms with Gasteiger partial charge in [0.05, 0.1) is 31.9 Å². The minimum Gasteiger partial charge on any atom is -0.424 e. The Morgan fingerprint density at radius 2 is 1.15 bits per heavy atom. The molecule has 0 saturated carbocycles. The fraction of sp³-hybridized carbons (Fsp3) is 0.316. The van der Waals surface area contributed by atoms with Gasteiger partial charge in [-0.3, -0.25) is 19.2 Å². The van der Waals surface area contributed by atoms with Crippen LogP contribution in [0.4, 0.5) is 26.3 Å². The molecule has 0 atom stereocenters. The number of amides is 2. The van der Waals surface area contributed by atoms with Gasteiger partial charge in [0, 0.05) is 48.1 Å². The molecule has 2 amide bonds. The summed E-state index contributed by atoms with van der Waals surface area (Å²) in [6, 6.07) is 6.83. The maximum absolute atomic E-state index is 13.2. The highest BCUT2D eigenvalue weighted by molar-refractivity contribution is 7.17. The number of rotatable bonds is 6. The maximum Gasteiger partial charge on any atom is 0.417 e. The van der Waals surface area contributed by atoms with Crippen molar-refractivity contribution >= 4 is 89.7 Å².